The fourth-order valence-corrected chi connectivity index (χ4v) is 3.59. The van der Waals surface area contributed by atoms with Gasteiger partial charge in [0, 0.05) is 37.4 Å². The maximum atomic E-state index is 12.8. The number of imidazole rings is 1. The minimum Gasteiger partial charge on any atom is -0.443 e. The molecule has 0 N–H and O–H groups in total. The van der Waals surface area contributed by atoms with E-state index in [0.29, 0.717) is 29.7 Å². The predicted octanol–water partition coefficient (Wildman–Crippen LogP) is 3.63. The van der Waals surface area contributed by atoms with Crippen molar-refractivity contribution in [3.05, 3.63) is 70.9 Å². The first-order valence-corrected chi connectivity index (χ1v) is 8.97. The summed E-state index contributed by atoms with van der Waals surface area (Å²) in [5.41, 5.74) is 1.06. The highest BCUT2D eigenvalue weighted by molar-refractivity contribution is 6.30. The van der Waals surface area contributed by atoms with Gasteiger partial charge in [0.25, 0.3) is 5.91 Å². The molecule has 1 aliphatic heterocycles. The van der Waals surface area contributed by atoms with Gasteiger partial charge < -0.3 is 13.9 Å². The second kappa shape index (κ2) is 6.96. The fraction of sp³-hybridized carbons (Fsp3) is 0.316. The van der Waals surface area contributed by atoms with Crippen LogP contribution in [0.2, 0.25) is 5.02 Å². The van der Waals surface area contributed by atoms with Crippen molar-refractivity contribution < 1.29 is 9.21 Å². The van der Waals surface area contributed by atoms with E-state index in [4.69, 9.17) is 16.0 Å². The minimum atomic E-state index is -0.146. The molecule has 4 rings (SSSR count). The predicted molar refractivity (Wildman–Crippen MR) is 97.0 cm³/mol. The van der Waals surface area contributed by atoms with E-state index in [1.807, 2.05) is 31.3 Å². The Morgan fingerprint density at radius 1 is 1.38 bits per heavy atom. The van der Waals surface area contributed by atoms with Gasteiger partial charge in [0.2, 0.25) is 5.89 Å². The SMILES string of the molecule is Cn1ccnc1C(=O)N1CCC[C@@H]1c1ncc(Cc2cccc(Cl)c2)o1. The largest absolute Gasteiger partial charge is 0.443 e. The van der Waals surface area contributed by atoms with Crippen LogP contribution in [0.25, 0.3) is 0 Å². The zero-order valence-electron chi connectivity index (χ0n) is 14.4. The Kier molecular flexibility index (Phi) is 4.51. The molecule has 1 atom stereocenters. The van der Waals surface area contributed by atoms with Gasteiger partial charge in [0.05, 0.1) is 6.20 Å². The molecule has 1 saturated heterocycles. The van der Waals surface area contributed by atoms with Crippen molar-refractivity contribution in [2.24, 2.45) is 7.05 Å². The highest BCUT2D eigenvalue weighted by atomic mass is 35.5. The molecular weight excluding hydrogens is 352 g/mol. The maximum absolute atomic E-state index is 12.8. The number of rotatable bonds is 4. The van der Waals surface area contributed by atoms with Crippen LogP contribution in [-0.4, -0.2) is 31.9 Å². The number of carbonyl (C=O) groups excluding carboxylic acids is 1. The third kappa shape index (κ3) is 3.24. The molecule has 7 heteroatoms. The van der Waals surface area contributed by atoms with E-state index < -0.39 is 0 Å². The Morgan fingerprint density at radius 3 is 3.04 bits per heavy atom. The van der Waals surface area contributed by atoms with Gasteiger partial charge in [-0.1, -0.05) is 23.7 Å². The van der Waals surface area contributed by atoms with E-state index in [-0.39, 0.29) is 11.9 Å². The Morgan fingerprint density at radius 2 is 2.27 bits per heavy atom. The molecule has 3 aromatic rings. The summed E-state index contributed by atoms with van der Waals surface area (Å²) < 4.78 is 7.70. The Balaban J connectivity index is 1.53. The summed E-state index contributed by atoms with van der Waals surface area (Å²) in [7, 11) is 1.82. The number of aromatic nitrogens is 3. The molecule has 0 radical (unpaired) electrons. The van der Waals surface area contributed by atoms with Crippen LogP contribution in [0.3, 0.4) is 0 Å². The van der Waals surface area contributed by atoms with Crippen molar-refractivity contribution in [1.29, 1.82) is 0 Å². The molecule has 1 aromatic carbocycles. The van der Waals surface area contributed by atoms with E-state index in [2.05, 4.69) is 9.97 Å². The first-order chi connectivity index (χ1) is 12.6. The normalized spacial score (nSPS) is 17.0. The van der Waals surface area contributed by atoms with E-state index in [9.17, 15) is 4.79 Å². The molecular formula is C19H19ClN4O2. The summed E-state index contributed by atoms with van der Waals surface area (Å²) in [6, 6.07) is 7.53. The molecule has 1 aliphatic rings. The Hall–Kier alpha value is -2.60. The number of hydrogen-bond donors (Lipinski definition) is 0. The second-order valence-corrected chi connectivity index (χ2v) is 6.93. The first kappa shape index (κ1) is 16.8. The zero-order valence-corrected chi connectivity index (χ0v) is 15.2. The molecule has 0 bridgehead atoms. The summed E-state index contributed by atoms with van der Waals surface area (Å²) in [4.78, 5) is 23.2. The van der Waals surface area contributed by atoms with Crippen molar-refractivity contribution in [2.45, 2.75) is 25.3 Å². The molecule has 0 unspecified atom stereocenters. The summed E-state index contributed by atoms with van der Waals surface area (Å²) in [5, 5.41) is 0.699. The number of oxazole rings is 1. The van der Waals surface area contributed by atoms with E-state index in [1.165, 1.54) is 0 Å². The van der Waals surface area contributed by atoms with Gasteiger partial charge in [-0.05, 0) is 30.5 Å². The summed E-state index contributed by atoms with van der Waals surface area (Å²) in [5.74, 6) is 1.69. The smallest absolute Gasteiger partial charge is 0.290 e. The molecule has 26 heavy (non-hydrogen) atoms. The molecule has 1 amide bonds. The minimum absolute atomic E-state index is 0.0883. The summed E-state index contributed by atoms with van der Waals surface area (Å²) in [6.45, 7) is 0.683. The van der Waals surface area contributed by atoms with Gasteiger partial charge in [-0.3, -0.25) is 4.79 Å². The van der Waals surface area contributed by atoms with Gasteiger partial charge in [-0.25, -0.2) is 9.97 Å². The summed E-state index contributed by atoms with van der Waals surface area (Å²) in [6.07, 6.45) is 7.52. The van der Waals surface area contributed by atoms with Crippen LogP contribution in [0.15, 0.2) is 47.3 Å². The Bertz CT molecular complexity index is 933. The summed E-state index contributed by atoms with van der Waals surface area (Å²) >= 11 is 6.04. The standard InChI is InChI=1S/C19H19ClN4O2/c1-23-9-7-21-17(23)19(25)24-8-3-6-16(24)18-22-12-15(26-18)11-13-4-2-5-14(20)10-13/h2,4-5,7,9-10,12,16H,3,6,8,11H2,1H3/t16-/m1/s1. The monoisotopic (exact) mass is 370 g/mol. The third-order valence-corrected chi connectivity index (χ3v) is 4.89. The molecule has 0 aliphatic carbocycles. The number of halogens is 1. The van der Waals surface area contributed by atoms with E-state index in [0.717, 1.165) is 24.2 Å². The molecule has 6 nitrogen and oxygen atoms in total. The highest BCUT2D eigenvalue weighted by Gasteiger charge is 2.35. The zero-order chi connectivity index (χ0) is 18.1. The topological polar surface area (TPSA) is 64.2 Å². The molecule has 0 saturated carbocycles. The average molecular weight is 371 g/mol. The number of carbonyl (C=O) groups is 1. The lowest BCUT2D eigenvalue weighted by atomic mass is 10.1. The van der Waals surface area contributed by atoms with Crippen molar-refractivity contribution in [3.8, 4) is 0 Å². The molecule has 2 aromatic heterocycles. The average Bonchev–Trinajstić information content (AvgIpc) is 3.34. The third-order valence-electron chi connectivity index (χ3n) is 4.65. The number of benzene rings is 1. The number of nitrogens with zero attached hydrogens (tertiary/aromatic N) is 4. The fourth-order valence-electron chi connectivity index (χ4n) is 3.37. The van der Waals surface area contributed by atoms with E-state index in [1.54, 1.807) is 28.1 Å². The van der Waals surface area contributed by atoms with Crippen LogP contribution in [-0.2, 0) is 13.5 Å². The number of likely N-dealkylation sites (tertiary alicyclic amines) is 1. The van der Waals surface area contributed by atoms with Gasteiger partial charge in [-0.15, -0.1) is 0 Å². The van der Waals surface area contributed by atoms with Gasteiger partial charge >= 0.3 is 0 Å². The van der Waals surface area contributed by atoms with Crippen molar-refractivity contribution in [2.75, 3.05) is 6.54 Å². The molecule has 0 spiro atoms. The quantitative estimate of drug-likeness (QED) is 0.703. The van der Waals surface area contributed by atoms with Crippen LogP contribution < -0.4 is 0 Å². The van der Waals surface area contributed by atoms with Crippen LogP contribution >= 0.6 is 11.6 Å². The first-order valence-electron chi connectivity index (χ1n) is 8.59. The number of aryl methyl sites for hydroxylation is 1. The lowest BCUT2D eigenvalue weighted by Gasteiger charge is -2.21. The van der Waals surface area contributed by atoms with Gasteiger partial charge in [0.15, 0.2) is 5.82 Å². The van der Waals surface area contributed by atoms with E-state index >= 15 is 0 Å². The Labute approximate surface area is 156 Å². The number of hydrogen-bond acceptors (Lipinski definition) is 4. The van der Waals surface area contributed by atoms with Gasteiger partial charge in [-0.2, -0.15) is 0 Å². The number of amides is 1. The van der Waals surface area contributed by atoms with Crippen LogP contribution in [0, 0.1) is 0 Å². The lowest BCUT2D eigenvalue weighted by molar-refractivity contribution is 0.0698. The van der Waals surface area contributed by atoms with Crippen molar-refractivity contribution in [3.63, 3.8) is 0 Å². The highest BCUT2D eigenvalue weighted by Crippen LogP contribution is 2.33. The van der Waals surface area contributed by atoms with Crippen molar-refractivity contribution in [1.82, 2.24) is 19.4 Å². The molecule has 3 heterocycles. The van der Waals surface area contributed by atoms with Crippen LogP contribution in [0.1, 0.15) is 46.7 Å². The maximum Gasteiger partial charge on any atom is 0.290 e. The van der Waals surface area contributed by atoms with Crippen molar-refractivity contribution >= 4 is 17.5 Å². The lowest BCUT2D eigenvalue weighted by Crippen LogP contribution is -2.32. The molecule has 134 valence electrons. The van der Waals surface area contributed by atoms with Gasteiger partial charge in [0.1, 0.15) is 11.8 Å². The van der Waals surface area contributed by atoms with Crippen LogP contribution in [0.5, 0.6) is 0 Å². The second-order valence-electron chi connectivity index (χ2n) is 6.49. The molecule has 1 fully saturated rings. The van der Waals surface area contributed by atoms with Crippen LogP contribution in [0.4, 0.5) is 0 Å².